The maximum atomic E-state index is 6.18. The average molecular weight is 464 g/mol. The van der Waals surface area contributed by atoms with Gasteiger partial charge in [-0.2, -0.15) is 9.61 Å². The van der Waals surface area contributed by atoms with E-state index < -0.39 is 0 Å². The van der Waals surface area contributed by atoms with Crippen molar-refractivity contribution in [2.45, 2.75) is 13.8 Å². The maximum Gasteiger partial charge on any atom is 0.186 e. The summed E-state index contributed by atoms with van der Waals surface area (Å²) < 4.78 is 3.76. The zero-order valence-electron chi connectivity index (χ0n) is 10.7. The Morgan fingerprint density at radius 3 is 2.70 bits per heavy atom. The molecule has 2 aromatic heterocycles. The highest BCUT2D eigenvalue weighted by molar-refractivity contribution is 14.1. The Morgan fingerprint density at radius 2 is 1.95 bits per heavy atom. The number of hydrogen-bond acceptors (Lipinski definition) is 3. The molecule has 0 N–H and O–H groups in total. The molecule has 0 atom stereocenters. The molecule has 0 saturated carbocycles. The van der Waals surface area contributed by atoms with Crippen molar-refractivity contribution in [1.82, 2.24) is 19.8 Å². The highest BCUT2D eigenvalue weighted by Crippen LogP contribution is 2.30. The van der Waals surface area contributed by atoms with Gasteiger partial charge in [-0.15, -0.1) is 10.2 Å². The van der Waals surface area contributed by atoms with E-state index in [1.807, 2.05) is 32.0 Å². The summed E-state index contributed by atoms with van der Waals surface area (Å²) in [5.74, 6) is 0.676. The molecule has 1 aromatic carbocycles. The second-order valence-electron chi connectivity index (χ2n) is 4.42. The SMILES string of the molecule is Cc1c(Cl)nn2c(-c3cc(I)ccc3Br)nnc2c1C. The van der Waals surface area contributed by atoms with Crippen LogP contribution in [0.5, 0.6) is 0 Å². The fraction of sp³-hybridized carbons (Fsp3) is 0.154. The molecule has 7 heteroatoms. The van der Waals surface area contributed by atoms with Crippen molar-refractivity contribution in [1.29, 1.82) is 0 Å². The lowest BCUT2D eigenvalue weighted by atomic mass is 10.2. The number of nitrogens with zero attached hydrogens (tertiary/aromatic N) is 4. The van der Waals surface area contributed by atoms with E-state index in [0.717, 1.165) is 30.4 Å². The van der Waals surface area contributed by atoms with E-state index in [-0.39, 0.29) is 0 Å². The van der Waals surface area contributed by atoms with Gasteiger partial charge in [-0.1, -0.05) is 27.5 Å². The first kappa shape index (κ1) is 14.2. The molecule has 0 spiro atoms. The van der Waals surface area contributed by atoms with E-state index >= 15 is 0 Å². The second-order valence-corrected chi connectivity index (χ2v) is 6.88. The van der Waals surface area contributed by atoms with Crippen LogP contribution in [0.4, 0.5) is 0 Å². The normalized spacial score (nSPS) is 11.2. The van der Waals surface area contributed by atoms with E-state index in [0.29, 0.717) is 11.0 Å². The minimum atomic E-state index is 0.470. The summed E-state index contributed by atoms with van der Waals surface area (Å²) >= 11 is 12.0. The lowest BCUT2D eigenvalue weighted by Crippen LogP contribution is -2.00. The number of fused-ring (bicyclic) bond motifs is 1. The third-order valence-corrected chi connectivity index (χ3v) is 4.93. The number of aromatic nitrogens is 4. The van der Waals surface area contributed by atoms with Crippen molar-refractivity contribution in [3.8, 4) is 11.4 Å². The summed E-state index contributed by atoms with van der Waals surface area (Å²) in [6, 6.07) is 6.04. The van der Waals surface area contributed by atoms with Gasteiger partial charge in [0.2, 0.25) is 0 Å². The summed E-state index contributed by atoms with van der Waals surface area (Å²) in [5, 5.41) is 13.4. The quantitative estimate of drug-likeness (QED) is 0.502. The van der Waals surface area contributed by atoms with Crippen molar-refractivity contribution < 1.29 is 0 Å². The van der Waals surface area contributed by atoms with E-state index in [2.05, 4.69) is 53.8 Å². The molecular weight excluding hydrogens is 454 g/mol. The van der Waals surface area contributed by atoms with Gasteiger partial charge in [0.15, 0.2) is 16.6 Å². The summed E-state index contributed by atoms with van der Waals surface area (Å²) in [7, 11) is 0. The van der Waals surface area contributed by atoms with Gasteiger partial charge in [0.25, 0.3) is 0 Å². The monoisotopic (exact) mass is 462 g/mol. The zero-order valence-corrected chi connectivity index (χ0v) is 15.2. The van der Waals surface area contributed by atoms with Crippen LogP contribution in [0.25, 0.3) is 17.0 Å². The Kier molecular flexibility index (Phi) is 3.72. The Balaban J connectivity index is 2.36. The predicted molar refractivity (Wildman–Crippen MR) is 91.1 cm³/mol. The number of aryl methyl sites for hydroxylation is 1. The molecule has 0 radical (unpaired) electrons. The van der Waals surface area contributed by atoms with Crippen molar-refractivity contribution >= 4 is 55.8 Å². The molecule has 0 amide bonds. The summed E-state index contributed by atoms with van der Waals surface area (Å²) in [6.45, 7) is 3.90. The molecule has 0 bridgehead atoms. The molecule has 102 valence electrons. The molecule has 3 aromatic rings. The first-order valence-corrected chi connectivity index (χ1v) is 8.07. The molecule has 2 heterocycles. The molecule has 4 nitrogen and oxygen atoms in total. The zero-order chi connectivity index (χ0) is 14.4. The van der Waals surface area contributed by atoms with Gasteiger partial charge in [0, 0.05) is 19.2 Å². The standard InChI is InChI=1S/C13H9BrClIN4/c1-6-7(2)12-17-18-13(20(12)19-11(6)15)9-5-8(16)3-4-10(9)14/h3-5H,1-2H3. The minimum Gasteiger partial charge on any atom is -0.191 e. The number of halogens is 3. The lowest BCUT2D eigenvalue weighted by molar-refractivity contribution is 0.918. The van der Waals surface area contributed by atoms with Crippen LogP contribution < -0.4 is 0 Å². The van der Waals surface area contributed by atoms with Gasteiger partial charge >= 0.3 is 0 Å². The number of hydrogen-bond donors (Lipinski definition) is 0. The van der Waals surface area contributed by atoms with E-state index in [1.54, 1.807) is 4.52 Å². The smallest absolute Gasteiger partial charge is 0.186 e. The Labute approximate surface area is 142 Å². The van der Waals surface area contributed by atoms with Crippen LogP contribution in [0.2, 0.25) is 5.15 Å². The molecule has 0 saturated heterocycles. The average Bonchev–Trinajstić information content (AvgIpc) is 2.82. The molecule has 0 aliphatic carbocycles. The van der Waals surface area contributed by atoms with Gasteiger partial charge in [-0.05, 0) is 60.2 Å². The summed E-state index contributed by atoms with van der Waals surface area (Å²) in [6.07, 6.45) is 0. The molecule has 20 heavy (non-hydrogen) atoms. The third kappa shape index (κ3) is 2.23. The molecule has 0 fully saturated rings. The Hall–Kier alpha value is -0.730. The highest BCUT2D eigenvalue weighted by atomic mass is 127. The van der Waals surface area contributed by atoms with Crippen LogP contribution in [0.15, 0.2) is 22.7 Å². The first-order valence-electron chi connectivity index (χ1n) is 5.82. The third-order valence-electron chi connectivity index (χ3n) is 3.21. The van der Waals surface area contributed by atoms with Crippen molar-refractivity contribution in [3.05, 3.63) is 42.5 Å². The fourth-order valence-electron chi connectivity index (χ4n) is 1.93. The maximum absolute atomic E-state index is 6.18. The van der Waals surface area contributed by atoms with Gasteiger partial charge < -0.3 is 0 Å². The van der Waals surface area contributed by atoms with Crippen LogP contribution >= 0.6 is 50.1 Å². The van der Waals surface area contributed by atoms with Gasteiger partial charge in [0.1, 0.15) is 0 Å². The first-order chi connectivity index (χ1) is 9.49. The second kappa shape index (κ2) is 5.23. The van der Waals surface area contributed by atoms with Crippen molar-refractivity contribution in [2.75, 3.05) is 0 Å². The lowest BCUT2D eigenvalue weighted by Gasteiger charge is -2.06. The topological polar surface area (TPSA) is 43.1 Å². The number of rotatable bonds is 1. The van der Waals surface area contributed by atoms with Crippen LogP contribution in [0, 0.1) is 17.4 Å². The predicted octanol–water partition coefficient (Wildman–Crippen LogP) is 4.43. The largest absolute Gasteiger partial charge is 0.191 e. The van der Waals surface area contributed by atoms with Crippen LogP contribution in [0.1, 0.15) is 11.1 Å². The summed E-state index contributed by atoms with van der Waals surface area (Å²) in [5.41, 5.74) is 3.59. The van der Waals surface area contributed by atoms with Crippen LogP contribution in [-0.4, -0.2) is 19.8 Å². The van der Waals surface area contributed by atoms with E-state index in [9.17, 15) is 0 Å². The van der Waals surface area contributed by atoms with Crippen LogP contribution in [-0.2, 0) is 0 Å². The summed E-state index contributed by atoms with van der Waals surface area (Å²) in [4.78, 5) is 0. The highest BCUT2D eigenvalue weighted by Gasteiger charge is 2.16. The Bertz CT molecular complexity index is 831. The molecule has 0 unspecified atom stereocenters. The van der Waals surface area contributed by atoms with Crippen LogP contribution in [0.3, 0.4) is 0 Å². The minimum absolute atomic E-state index is 0.470. The van der Waals surface area contributed by atoms with E-state index in [1.165, 1.54) is 0 Å². The number of benzene rings is 1. The van der Waals surface area contributed by atoms with Gasteiger partial charge in [-0.3, -0.25) is 0 Å². The van der Waals surface area contributed by atoms with Crippen molar-refractivity contribution in [3.63, 3.8) is 0 Å². The molecule has 0 aliphatic rings. The molecule has 0 aliphatic heterocycles. The molecule has 3 rings (SSSR count). The van der Waals surface area contributed by atoms with Gasteiger partial charge in [0.05, 0.1) is 0 Å². The van der Waals surface area contributed by atoms with Crippen molar-refractivity contribution in [2.24, 2.45) is 0 Å². The van der Waals surface area contributed by atoms with Gasteiger partial charge in [-0.25, -0.2) is 0 Å². The van der Waals surface area contributed by atoms with E-state index in [4.69, 9.17) is 11.6 Å². The Morgan fingerprint density at radius 1 is 1.20 bits per heavy atom. The fourth-order valence-corrected chi connectivity index (χ4v) is 3.06. The molecular formula is C13H9BrClIN4.